The first-order valence-corrected chi connectivity index (χ1v) is 7.01. The Kier molecular flexibility index (Phi) is 3.53. The fraction of sp³-hybridized carbons (Fsp3) is 0.533. The van der Waals surface area contributed by atoms with Gasteiger partial charge in [0.25, 0.3) is 0 Å². The van der Waals surface area contributed by atoms with Crippen molar-refractivity contribution < 1.29 is 19.4 Å². The van der Waals surface area contributed by atoms with Crippen LogP contribution in [0.25, 0.3) is 0 Å². The molecule has 3 rings (SSSR count). The van der Waals surface area contributed by atoms with Gasteiger partial charge >= 0.3 is 5.97 Å². The normalized spacial score (nSPS) is 25.2. The Bertz CT molecular complexity index is 529. The fourth-order valence-corrected chi connectivity index (χ4v) is 2.85. The largest absolute Gasteiger partial charge is 0.490 e. The number of nitrogens with one attached hydrogen (secondary N) is 1. The highest BCUT2D eigenvalue weighted by atomic mass is 16.5. The third kappa shape index (κ3) is 2.45. The first-order chi connectivity index (χ1) is 9.65. The number of ether oxygens (including phenoxy) is 2. The summed E-state index contributed by atoms with van der Waals surface area (Å²) in [6, 6.07) is 4.12. The summed E-state index contributed by atoms with van der Waals surface area (Å²) < 4.78 is 11.5. The molecule has 2 atom stereocenters. The maximum atomic E-state index is 11.0. The van der Waals surface area contributed by atoms with Crippen molar-refractivity contribution in [1.82, 2.24) is 5.32 Å². The highest BCUT2D eigenvalue weighted by Gasteiger charge is 2.31. The number of hydrogen-bond donors (Lipinski definition) is 2. The van der Waals surface area contributed by atoms with Crippen molar-refractivity contribution in [2.45, 2.75) is 25.8 Å². The van der Waals surface area contributed by atoms with Crippen molar-refractivity contribution >= 4 is 5.97 Å². The molecule has 0 saturated carbocycles. The zero-order valence-electron chi connectivity index (χ0n) is 11.5. The molecule has 5 heteroatoms. The summed E-state index contributed by atoms with van der Waals surface area (Å²) in [4.78, 5) is 11.0. The van der Waals surface area contributed by atoms with Crippen LogP contribution in [0.2, 0.25) is 0 Å². The van der Waals surface area contributed by atoms with E-state index >= 15 is 0 Å². The number of hydrogen-bond acceptors (Lipinski definition) is 4. The molecule has 0 spiro atoms. The molecule has 1 fully saturated rings. The van der Waals surface area contributed by atoms with E-state index in [1.165, 1.54) is 0 Å². The number of aliphatic carboxylic acids is 1. The Labute approximate surface area is 117 Å². The maximum absolute atomic E-state index is 11.0. The summed E-state index contributed by atoms with van der Waals surface area (Å²) in [7, 11) is 0. The van der Waals surface area contributed by atoms with Gasteiger partial charge in [0.15, 0.2) is 11.5 Å². The Morgan fingerprint density at radius 3 is 2.90 bits per heavy atom. The number of aryl methyl sites for hydroxylation is 1. The van der Waals surface area contributed by atoms with Crippen molar-refractivity contribution in [2.75, 3.05) is 19.8 Å². The average molecular weight is 277 g/mol. The van der Waals surface area contributed by atoms with Gasteiger partial charge in [-0.25, -0.2) is 0 Å². The second-order valence-electron chi connectivity index (χ2n) is 5.45. The third-order valence-corrected chi connectivity index (χ3v) is 3.94. The monoisotopic (exact) mass is 277 g/mol. The first kappa shape index (κ1) is 13.2. The lowest BCUT2D eigenvalue weighted by Gasteiger charge is -2.16. The van der Waals surface area contributed by atoms with Gasteiger partial charge in [-0.15, -0.1) is 0 Å². The van der Waals surface area contributed by atoms with E-state index in [0.717, 1.165) is 29.0 Å². The van der Waals surface area contributed by atoms with Crippen LogP contribution in [0.5, 0.6) is 11.5 Å². The topological polar surface area (TPSA) is 67.8 Å². The highest BCUT2D eigenvalue weighted by molar-refractivity contribution is 5.71. The molecule has 2 N–H and O–H groups in total. The van der Waals surface area contributed by atoms with Crippen LogP contribution in [0.15, 0.2) is 12.1 Å². The van der Waals surface area contributed by atoms with Crippen molar-refractivity contribution in [3.63, 3.8) is 0 Å². The Morgan fingerprint density at radius 2 is 2.15 bits per heavy atom. The van der Waals surface area contributed by atoms with Gasteiger partial charge < -0.3 is 19.9 Å². The van der Waals surface area contributed by atoms with E-state index in [2.05, 4.69) is 11.4 Å². The second-order valence-corrected chi connectivity index (χ2v) is 5.45. The summed E-state index contributed by atoms with van der Waals surface area (Å²) >= 11 is 0. The molecule has 0 radical (unpaired) electrons. The average Bonchev–Trinajstić information content (AvgIpc) is 2.79. The number of fused-ring (bicyclic) bond motifs is 1. The predicted molar refractivity (Wildman–Crippen MR) is 73.3 cm³/mol. The number of carboxylic acids is 1. The minimum Gasteiger partial charge on any atom is -0.490 e. The van der Waals surface area contributed by atoms with E-state index < -0.39 is 5.97 Å². The van der Waals surface area contributed by atoms with Gasteiger partial charge in [-0.2, -0.15) is 0 Å². The Morgan fingerprint density at radius 1 is 1.35 bits per heavy atom. The molecule has 20 heavy (non-hydrogen) atoms. The summed E-state index contributed by atoms with van der Waals surface area (Å²) in [5.74, 6) is 0.555. The van der Waals surface area contributed by atoms with Crippen molar-refractivity contribution in [3.8, 4) is 11.5 Å². The van der Waals surface area contributed by atoms with Gasteiger partial charge in [-0.05, 0) is 30.5 Å². The SMILES string of the molecule is Cc1cc(C2CC(C(=O)O)CN2)cc2c1OCCCO2. The smallest absolute Gasteiger partial charge is 0.307 e. The molecule has 1 aromatic rings. The van der Waals surface area contributed by atoms with Crippen molar-refractivity contribution in [1.29, 1.82) is 0 Å². The molecule has 0 aliphatic carbocycles. The van der Waals surface area contributed by atoms with Gasteiger partial charge in [0.1, 0.15) is 0 Å². The molecule has 0 aromatic heterocycles. The van der Waals surface area contributed by atoms with Crippen LogP contribution in [0.3, 0.4) is 0 Å². The Hall–Kier alpha value is -1.75. The fourth-order valence-electron chi connectivity index (χ4n) is 2.85. The highest BCUT2D eigenvalue weighted by Crippen LogP contribution is 2.38. The maximum Gasteiger partial charge on any atom is 0.307 e. The molecule has 2 aliphatic heterocycles. The summed E-state index contributed by atoms with van der Waals surface area (Å²) in [6.45, 7) is 3.86. The molecule has 1 aromatic carbocycles. The van der Waals surface area contributed by atoms with E-state index in [9.17, 15) is 4.79 Å². The number of rotatable bonds is 2. The van der Waals surface area contributed by atoms with Crippen LogP contribution >= 0.6 is 0 Å². The predicted octanol–water partition coefficient (Wildman–Crippen LogP) is 1.89. The van der Waals surface area contributed by atoms with Gasteiger partial charge in [-0.3, -0.25) is 4.79 Å². The zero-order chi connectivity index (χ0) is 14.1. The molecule has 0 amide bonds. The lowest BCUT2D eigenvalue weighted by atomic mass is 9.98. The molecular formula is C15H19NO4. The van der Waals surface area contributed by atoms with E-state index in [1.807, 2.05) is 13.0 Å². The van der Waals surface area contributed by atoms with Crippen LogP contribution in [-0.4, -0.2) is 30.8 Å². The standard InChI is InChI=1S/C15H19NO4/c1-9-5-10(12-6-11(8-16-12)15(17)18)7-13-14(9)20-4-2-3-19-13/h5,7,11-12,16H,2-4,6,8H2,1H3,(H,17,18). The van der Waals surface area contributed by atoms with Gasteiger partial charge in [0.2, 0.25) is 0 Å². The van der Waals surface area contributed by atoms with Gasteiger partial charge in [0, 0.05) is 19.0 Å². The van der Waals surface area contributed by atoms with E-state index in [1.54, 1.807) is 0 Å². The summed E-state index contributed by atoms with van der Waals surface area (Å²) in [5, 5.41) is 12.4. The number of benzene rings is 1. The van der Waals surface area contributed by atoms with E-state index in [-0.39, 0.29) is 12.0 Å². The summed E-state index contributed by atoms with van der Waals surface area (Å²) in [6.07, 6.45) is 1.50. The zero-order valence-corrected chi connectivity index (χ0v) is 11.5. The van der Waals surface area contributed by atoms with Crippen LogP contribution in [0.1, 0.15) is 30.0 Å². The molecule has 108 valence electrons. The van der Waals surface area contributed by atoms with Crippen LogP contribution in [-0.2, 0) is 4.79 Å². The molecule has 5 nitrogen and oxygen atoms in total. The quantitative estimate of drug-likeness (QED) is 0.864. The molecule has 2 aliphatic rings. The minimum atomic E-state index is -0.730. The van der Waals surface area contributed by atoms with Crippen LogP contribution in [0, 0.1) is 12.8 Å². The first-order valence-electron chi connectivity index (χ1n) is 7.01. The van der Waals surface area contributed by atoms with Gasteiger partial charge in [0.05, 0.1) is 19.1 Å². The van der Waals surface area contributed by atoms with E-state index in [4.69, 9.17) is 14.6 Å². The molecule has 0 bridgehead atoms. The Balaban J connectivity index is 1.86. The lowest BCUT2D eigenvalue weighted by molar-refractivity contribution is -0.141. The van der Waals surface area contributed by atoms with Crippen molar-refractivity contribution in [2.24, 2.45) is 5.92 Å². The van der Waals surface area contributed by atoms with E-state index in [0.29, 0.717) is 26.2 Å². The minimum absolute atomic E-state index is 0.0759. The van der Waals surface area contributed by atoms with Crippen molar-refractivity contribution in [3.05, 3.63) is 23.3 Å². The third-order valence-electron chi connectivity index (χ3n) is 3.94. The number of carboxylic acid groups (broad SMARTS) is 1. The number of carbonyl (C=O) groups is 1. The molecule has 1 saturated heterocycles. The lowest BCUT2D eigenvalue weighted by Crippen LogP contribution is -2.17. The van der Waals surface area contributed by atoms with Crippen LogP contribution in [0.4, 0.5) is 0 Å². The summed E-state index contributed by atoms with van der Waals surface area (Å²) in [5.41, 5.74) is 2.12. The van der Waals surface area contributed by atoms with Gasteiger partial charge in [-0.1, -0.05) is 6.07 Å². The molecular weight excluding hydrogens is 258 g/mol. The molecule has 2 unspecified atom stereocenters. The molecule has 2 heterocycles. The van der Waals surface area contributed by atoms with Crippen LogP contribution < -0.4 is 14.8 Å². The second kappa shape index (κ2) is 5.32.